The van der Waals surface area contributed by atoms with Gasteiger partial charge in [0.05, 0.1) is 22.8 Å². The minimum atomic E-state index is -3.45. The molecule has 150 valence electrons. The van der Waals surface area contributed by atoms with E-state index in [-0.39, 0.29) is 5.60 Å². The molecule has 1 atom stereocenters. The number of aromatic nitrogens is 1. The van der Waals surface area contributed by atoms with Gasteiger partial charge >= 0.3 is 0 Å². The van der Waals surface area contributed by atoms with Crippen LogP contribution in [0.2, 0.25) is 0 Å². The zero-order valence-electron chi connectivity index (χ0n) is 16.1. The average Bonchev–Trinajstić information content (AvgIpc) is 3.09. The molecule has 2 aliphatic rings. The molecule has 2 aliphatic heterocycles. The molecule has 0 saturated carbocycles. The Morgan fingerprint density at radius 2 is 2.00 bits per heavy atom. The summed E-state index contributed by atoms with van der Waals surface area (Å²) in [5, 5.41) is 0. The van der Waals surface area contributed by atoms with E-state index in [1.54, 1.807) is 18.3 Å². The molecule has 0 bridgehead atoms. The topological polar surface area (TPSA) is 68.7 Å². The first-order chi connectivity index (χ1) is 13.5. The third kappa shape index (κ3) is 3.85. The summed E-state index contributed by atoms with van der Waals surface area (Å²) < 4.78 is 39.0. The summed E-state index contributed by atoms with van der Waals surface area (Å²) in [5.41, 5.74) is 1.61. The second kappa shape index (κ2) is 7.91. The van der Waals surface area contributed by atoms with E-state index in [9.17, 15) is 8.42 Å². The molecule has 0 aliphatic carbocycles. The largest absolute Gasteiger partial charge is 0.375 e. The van der Waals surface area contributed by atoms with Gasteiger partial charge in [-0.05, 0) is 49.9 Å². The van der Waals surface area contributed by atoms with Gasteiger partial charge in [-0.25, -0.2) is 8.42 Å². The van der Waals surface area contributed by atoms with Crippen molar-refractivity contribution >= 4 is 10.0 Å². The molecule has 2 saturated heterocycles. The normalized spacial score (nSPS) is 21.7. The summed E-state index contributed by atoms with van der Waals surface area (Å²) in [6, 6.07) is 12.8. The Morgan fingerprint density at radius 1 is 1.21 bits per heavy atom. The van der Waals surface area contributed by atoms with Crippen molar-refractivity contribution < 1.29 is 17.9 Å². The van der Waals surface area contributed by atoms with Crippen LogP contribution in [-0.4, -0.2) is 49.6 Å². The first-order valence-electron chi connectivity index (χ1n) is 9.68. The number of pyridine rings is 1. The standard InChI is InChI=1S/C21H26N2O4S/c1-17-5-7-20(8-6-17)28(24,25)23-15-21(16-23)18(10-13-27-21)9-12-26-14-19-4-2-3-11-22-19/h2-8,11,18H,9-10,12-16H2,1H3. The second-order valence-corrected chi connectivity index (χ2v) is 9.59. The van der Waals surface area contributed by atoms with Crippen molar-refractivity contribution in [3.05, 3.63) is 59.9 Å². The highest BCUT2D eigenvalue weighted by atomic mass is 32.2. The Kier molecular flexibility index (Phi) is 5.51. The monoisotopic (exact) mass is 402 g/mol. The van der Waals surface area contributed by atoms with Crippen molar-refractivity contribution in [2.24, 2.45) is 5.92 Å². The van der Waals surface area contributed by atoms with Gasteiger partial charge < -0.3 is 9.47 Å². The van der Waals surface area contributed by atoms with Crippen LogP contribution in [0.25, 0.3) is 0 Å². The van der Waals surface area contributed by atoms with E-state index in [0.29, 0.717) is 43.7 Å². The lowest BCUT2D eigenvalue weighted by Gasteiger charge is -2.49. The summed E-state index contributed by atoms with van der Waals surface area (Å²) in [4.78, 5) is 4.60. The fourth-order valence-electron chi connectivity index (χ4n) is 4.01. The Labute approximate surface area is 166 Å². The van der Waals surface area contributed by atoms with Gasteiger partial charge in [0.15, 0.2) is 0 Å². The number of hydrogen-bond acceptors (Lipinski definition) is 5. The van der Waals surface area contributed by atoms with Gasteiger partial charge in [-0.15, -0.1) is 0 Å². The van der Waals surface area contributed by atoms with Gasteiger partial charge in [-0.1, -0.05) is 23.8 Å². The summed E-state index contributed by atoms with van der Waals surface area (Å²) in [6.07, 6.45) is 3.58. The van der Waals surface area contributed by atoms with Crippen molar-refractivity contribution in [1.82, 2.24) is 9.29 Å². The Balaban J connectivity index is 1.31. The molecule has 1 spiro atoms. The van der Waals surface area contributed by atoms with E-state index in [2.05, 4.69) is 4.98 Å². The molecule has 4 rings (SSSR count). The highest BCUT2D eigenvalue weighted by Gasteiger charge is 2.56. The fourth-order valence-corrected chi connectivity index (χ4v) is 5.56. The quantitative estimate of drug-likeness (QED) is 0.666. The summed E-state index contributed by atoms with van der Waals surface area (Å²) in [7, 11) is -3.45. The van der Waals surface area contributed by atoms with Gasteiger partial charge in [0.1, 0.15) is 0 Å². The van der Waals surface area contributed by atoms with Gasteiger partial charge in [-0.3, -0.25) is 4.98 Å². The zero-order valence-corrected chi connectivity index (χ0v) is 16.9. The minimum absolute atomic E-state index is 0.320. The number of sulfonamides is 1. The molecule has 2 aromatic rings. The van der Waals surface area contributed by atoms with Crippen LogP contribution in [-0.2, 0) is 26.1 Å². The molecule has 28 heavy (non-hydrogen) atoms. The molecule has 0 N–H and O–H groups in total. The van der Waals surface area contributed by atoms with Crippen LogP contribution in [0, 0.1) is 12.8 Å². The molecule has 6 nitrogen and oxygen atoms in total. The highest BCUT2D eigenvalue weighted by Crippen LogP contribution is 2.43. The molecular formula is C21H26N2O4S. The maximum absolute atomic E-state index is 12.8. The van der Waals surface area contributed by atoms with Crippen LogP contribution < -0.4 is 0 Å². The number of hydrogen-bond donors (Lipinski definition) is 0. The molecule has 2 fully saturated rings. The fraction of sp³-hybridized carbons (Fsp3) is 0.476. The Hall–Kier alpha value is -1.80. The lowest BCUT2D eigenvalue weighted by Crippen LogP contribution is -2.65. The maximum Gasteiger partial charge on any atom is 0.243 e. The molecule has 0 radical (unpaired) electrons. The van der Waals surface area contributed by atoms with Crippen molar-refractivity contribution in [3.8, 4) is 0 Å². The SMILES string of the molecule is Cc1ccc(S(=O)(=O)N2CC3(C2)OCCC3CCOCc2ccccn2)cc1. The minimum Gasteiger partial charge on any atom is -0.375 e. The Bertz CT molecular complexity index is 894. The number of benzene rings is 1. The van der Waals surface area contributed by atoms with Crippen LogP contribution in [0.15, 0.2) is 53.6 Å². The number of rotatable bonds is 7. The van der Waals surface area contributed by atoms with Gasteiger partial charge in [0.2, 0.25) is 10.0 Å². The molecule has 0 amide bonds. The van der Waals surface area contributed by atoms with E-state index in [1.807, 2.05) is 37.3 Å². The Morgan fingerprint density at radius 3 is 2.71 bits per heavy atom. The van der Waals surface area contributed by atoms with Gasteiger partial charge in [0, 0.05) is 32.5 Å². The first kappa shape index (κ1) is 19.5. The van der Waals surface area contributed by atoms with E-state index < -0.39 is 10.0 Å². The van der Waals surface area contributed by atoms with Crippen LogP contribution in [0.1, 0.15) is 24.1 Å². The lowest BCUT2D eigenvalue weighted by molar-refractivity contribution is -0.106. The average molecular weight is 403 g/mol. The molecule has 1 aromatic carbocycles. The van der Waals surface area contributed by atoms with Crippen molar-refractivity contribution in [1.29, 1.82) is 0 Å². The van der Waals surface area contributed by atoms with Crippen LogP contribution >= 0.6 is 0 Å². The predicted octanol–water partition coefficient (Wildman–Crippen LogP) is 2.78. The maximum atomic E-state index is 12.8. The third-order valence-electron chi connectivity index (χ3n) is 5.73. The van der Waals surface area contributed by atoms with E-state index in [0.717, 1.165) is 24.1 Å². The summed E-state index contributed by atoms with van der Waals surface area (Å²) in [6.45, 7) is 4.60. The van der Waals surface area contributed by atoms with Crippen LogP contribution in [0.4, 0.5) is 0 Å². The highest BCUT2D eigenvalue weighted by molar-refractivity contribution is 7.89. The van der Waals surface area contributed by atoms with Gasteiger partial charge in [-0.2, -0.15) is 4.31 Å². The molecule has 7 heteroatoms. The predicted molar refractivity (Wildman–Crippen MR) is 105 cm³/mol. The van der Waals surface area contributed by atoms with Crippen molar-refractivity contribution in [2.75, 3.05) is 26.3 Å². The van der Waals surface area contributed by atoms with E-state index in [1.165, 1.54) is 4.31 Å². The van der Waals surface area contributed by atoms with Crippen molar-refractivity contribution in [2.45, 2.75) is 36.9 Å². The van der Waals surface area contributed by atoms with E-state index >= 15 is 0 Å². The van der Waals surface area contributed by atoms with Crippen LogP contribution in [0.3, 0.4) is 0 Å². The number of ether oxygens (including phenoxy) is 2. The van der Waals surface area contributed by atoms with Crippen LogP contribution in [0.5, 0.6) is 0 Å². The first-order valence-corrected chi connectivity index (χ1v) is 11.1. The third-order valence-corrected chi connectivity index (χ3v) is 7.54. The van der Waals surface area contributed by atoms with E-state index in [4.69, 9.17) is 9.47 Å². The number of nitrogens with zero attached hydrogens (tertiary/aromatic N) is 2. The molecular weight excluding hydrogens is 376 g/mol. The lowest BCUT2D eigenvalue weighted by atomic mass is 9.80. The summed E-state index contributed by atoms with van der Waals surface area (Å²) in [5.74, 6) is 0.320. The van der Waals surface area contributed by atoms with Gasteiger partial charge in [0.25, 0.3) is 0 Å². The smallest absolute Gasteiger partial charge is 0.243 e. The zero-order chi connectivity index (χ0) is 19.6. The molecule has 3 heterocycles. The second-order valence-electron chi connectivity index (χ2n) is 7.65. The van der Waals surface area contributed by atoms with Crippen molar-refractivity contribution in [3.63, 3.8) is 0 Å². The molecule has 1 aromatic heterocycles. The summed E-state index contributed by atoms with van der Waals surface area (Å²) >= 11 is 0. The number of aryl methyl sites for hydroxylation is 1. The molecule has 1 unspecified atom stereocenters.